The standard InChI is InChI=1S/C14H12BrF2N/c1-14(18,9-5-2-3-8-12(9)16)10-6-4-7-11(15)13(10)17/h2-8H,18H2,1H3. The highest BCUT2D eigenvalue weighted by Crippen LogP contribution is 2.32. The fraction of sp³-hybridized carbons (Fsp3) is 0.143. The summed E-state index contributed by atoms with van der Waals surface area (Å²) < 4.78 is 28.2. The van der Waals surface area contributed by atoms with Crippen LogP contribution in [0.5, 0.6) is 0 Å². The molecule has 2 aromatic carbocycles. The fourth-order valence-electron chi connectivity index (χ4n) is 1.93. The SMILES string of the molecule is CC(N)(c1ccccc1F)c1cccc(Br)c1F. The van der Waals surface area contributed by atoms with Gasteiger partial charge in [-0.2, -0.15) is 0 Å². The van der Waals surface area contributed by atoms with Crippen LogP contribution in [-0.4, -0.2) is 0 Å². The molecule has 2 aromatic rings. The van der Waals surface area contributed by atoms with Crippen LogP contribution in [0.15, 0.2) is 46.9 Å². The van der Waals surface area contributed by atoms with Gasteiger partial charge in [0.15, 0.2) is 0 Å². The summed E-state index contributed by atoms with van der Waals surface area (Å²) in [5.41, 5.74) is 5.42. The lowest BCUT2D eigenvalue weighted by Gasteiger charge is -2.27. The van der Waals surface area contributed by atoms with Crippen LogP contribution >= 0.6 is 15.9 Å². The summed E-state index contributed by atoms with van der Waals surface area (Å²) in [6.45, 7) is 1.59. The summed E-state index contributed by atoms with van der Waals surface area (Å²) in [6, 6.07) is 11.0. The zero-order valence-electron chi connectivity index (χ0n) is 9.75. The van der Waals surface area contributed by atoms with Crippen molar-refractivity contribution in [3.05, 3.63) is 69.7 Å². The lowest BCUT2D eigenvalue weighted by Crippen LogP contribution is -2.36. The molecule has 18 heavy (non-hydrogen) atoms. The van der Waals surface area contributed by atoms with Gasteiger partial charge < -0.3 is 5.73 Å². The highest BCUT2D eigenvalue weighted by atomic mass is 79.9. The van der Waals surface area contributed by atoms with Gasteiger partial charge in [0.05, 0.1) is 10.0 Å². The molecule has 2 rings (SSSR count). The van der Waals surface area contributed by atoms with E-state index >= 15 is 0 Å². The Kier molecular flexibility index (Phi) is 3.50. The highest BCUT2D eigenvalue weighted by Gasteiger charge is 2.30. The van der Waals surface area contributed by atoms with Crippen molar-refractivity contribution >= 4 is 15.9 Å². The van der Waals surface area contributed by atoms with Crippen LogP contribution in [0.2, 0.25) is 0 Å². The monoisotopic (exact) mass is 311 g/mol. The van der Waals surface area contributed by atoms with Gasteiger partial charge in [0, 0.05) is 11.1 Å². The van der Waals surface area contributed by atoms with Crippen molar-refractivity contribution in [3.8, 4) is 0 Å². The van der Waals surface area contributed by atoms with E-state index in [1.807, 2.05) is 0 Å². The number of benzene rings is 2. The highest BCUT2D eigenvalue weighted by molar-refractivity contribution is 9.10. The minimum Gasteiger partial charge on any atom is -0.318 e. The first-order chi connectivity index (χ1) is 8.44. The molecule has 1 unspecified atom stereocenters. The maximum absolute atomic E-state index is 14.1. The van der Waals surface area contributed by atoms with E-state index in [-0.39, 0.29) is 11.1 Å². The molecule has 0 heterocycles. The van der Waals surface area contributed by atoms with Crippen LogP contribution in [0, 0.1) is 11.6 Å². The zero-order valence-corrected chi connectivity index (χ0v) is 11.3. The minimum absolute atomic E-state index is 0.252. The van der Waals surface area contributed by atoms with Crippen molar-refractivity contribution < 1.29 is 8.78 Å². The van der Waals surface area contributed by atoms with Crippen molar-refractivity contribution in [3.63, 3.8) is 0 Å². The third-order valence-electron chi connectivity index (χ3n) is 2.94. The number of hydrogen-bond acceptors (Lipinski definition) is 1. The van der Waals surface area contributed by atoms with Gasteiger partial charge in [-0.05, 0) is 35.0 Å². The van der Waals surface area contributed by atoms with E-state index in [0.29, 0.717) is 4.47 Å². The Morgan fingerprint density at radius 2 is 1.61 bits per heavy atom. The van der Waals surface area contributed by atoms with Crippen molar-refractivity contribution in [2.24, 2.45) is 5.73 Å². The van der Waals surface area contributed by atoms with Gasteiger partial charge >= 0.3 is 0 Å². The number of halogens is 3. The van der Waals surface area contributed by atoms with Gasteiger partial charge in [-0.3, -0.25) is 0 Å². The second-order valence-corrected chi connectivity index (χ2v) is 5.14. The molecule has 0 aliphatic carbocycles. The van der Waals surface area contributed by atoms with Gasteiger partial charge in [-0.1, -0.05) is 30.3 Å². The molecule has 1 atom stereocenters. The molecule has 94 valence electrons. The Hall–Kier alpha value is -1.26. The topological polar surface area (TPSA) is 26.0 Å². The smallest absolute Gasteiger partial charge is 0.142 e. The Labute approximate surface area is 113 Å². The van der Waals surface area contributed by atoms with Crippen LogP contribution in [-0.2, 0) is 5.54 Å². The van der Waals surface area contributed by atoms with Crippen molar-refractivity contribution in [2.75, 3.05) is 0 Å². The Morgan fingerprint density at radius 1 is 1.00 bits per heavy atom. The van der Waals surface area contributed by atoms with Gasteiger partial charge in [-0.25, -0.2) is 8.78 Å². The summed E-state index contributed by atoms with van der Waals surface area (Å²) in [7, 11) is 0. The quantitative estimate of drug-likeness (QED) is 0.893. The lowest BCUT2D eigenvalue weighted by molar-refractivity contribution is 0.496. The van der Waals surface area contributed by atoms with Crippen molar-refractivity contribution in [1.82, 2.24) is 0 Å². The van der Waals surface area contributed by atoms with Crippen LogP contribution in [0.3, 0.4) is 0 Å². The first kappa shape index (κ1) is 13.2. The molecule has 0 aliphatic rings. The van der Waals surface area contributed by atoms with Crippen molar-refractivity contribution in [2.45, 2.75) is 12.5 Å². The second kappa shape index (κ2) is 4.78. The lowest BCUT2D eigenvalue weighted by atomic mass is 9.85. The van der Waals surface area contributed by atoms with Crippen LogP contribution in [0.1, 0.15) is 18.1 Å². The summed E-state index contributed by atoms with van der Waals surface area (Å²) in [4.78, 5) is 0. The fourth-order valence-corrected chi connectivity index (χ4v) is 2.30. The molecule has 0 aliphatic heterocycles. The summed E-state index contributed by atoms with van der Waals surface area (Å²) in [5, 5.41) is 0. The molecule has 0 bridgehead atoms. The molecular formula is C14H12BrF2N. The third-order valence-corrected chi connectivity index (χ3v) is 3.56. The summed E-state index contributed by atoms with van der Waals surface area (Å²) >= 11 is 3.11. The normalized spacial score (nSPS) is 14.3. The van der Waals surface area contributed by atoms with E-state index in [2.05, 4.69) is 15.9 Å². The molecule has 0 saturated carbocycles. The van der Waals surface area contributed by atoms with Gasteiger partial charge in [-0.15, -0.1) is 0 Å². The van der Waals surface area contributed by atoms with E-state index in [4.69, 9.17) is 5.73 Å². The van der Waals surface area contributed by atoms with Crippen LogP contribution < -0.4 is 5.73 Å². The Bertz CT molecular complexity index is 582. The average molecular weight is 312 g/mol. The molecule has 0 saturated heterocycles. The van der Waals surface area contributed by atoms with E-state index in [1.165, 1.54) is 6.07 Å². The van der Waals surface area contributed by atoms with E-state index < -0.39 is 17.2 Å². The molecule has 0 fully saturated rings. The second-order valence-electron chi connectivity index (χ2n) is 4.28. The van der Waals surface area contributed by atoms with Crippen molar-refractivity contribution in [1.29, 1.82) is 0 Å². The van der Waals surface area contributed by atoms with Gasteiger partial charge in [0.25, 0.3) is 0 Å². The third kappa shape index (κ3) is 2.18. The predicted octanol–water partition coefficient (Wildman–Crippen LogP) is 3.95. The van der Waals surface area contributed by atoms with E-state index in [1.54, 1.807) is 43.3 Å². The molecule has 1 nitrogen and oxygen atoms in total. The molecule has 0 radical (unpaired) electrons. The van der Waals surface area contributed by atoms with Crippen LogP contribution in [0.4, 0.5) is 8.78 Å². The molecule has 0 aromatic heterocycles. The van der Waals surface area contributed by atoms with Gasteiger partial charge in [0.1, 0.15) is 11.6 Å². The molecule has 0 spiro atoms. The molecule has 0 amide bonds. The Balaban J connectivity index is 2.62. The van der Waals surface area contributed by atoms with E-state index in [0.717, 1.165) is 0 Å². The first-order valence-electron chi connectivity index (χ1n) is 5.43. The van der Waals surface area contributed by atoms with Gasteiger partial charge in [0.2, 0.25) is 0 Å². The number of hydrogen-bond donors (Lipinski definition) is 1. The predicted molar refractivity (Wildman–Crippen MR) is 71.1 cm³/mol. The summed E-state index contributed by atoms with van der Waals surface area (Å²) in [5.74, 6) is -0.910. The maximum Gasteiger partial charge on any atom is 0.142 e. The van der Waals surface area contributed by atoms with Crippen LogP contribution in [0.25, 0.3) is 0 Å². The Morgan fingerprint density at radius 3 is 2.28 bits per heavy atom. The number of rotatable bonds is 2. The minimum atomic E-state index is -1.22. The molecular weight excluding hydrogens is 300 g/mol. The zero-order chi connectivity index (χ0) is 13.3. The average Bonchev–Trinajstić information content (AvgIpc) is 2.32. The molecule has 4 heteroatoms. The van der Waals surface area contributed by atoms with E-state index in [9.17, 15) is 8.78 Å². The summed E-state index contributed by atoms with van der Waals surface area (Å²) in [6.07, 6.45) is 0. The first-order valence-corrected chi connectivity index (χ1v) is 6.22. The largest absolute Gasteiger partial charge is 0.318 e. The maximum atomic E-state index is 14.1. The molecule has 2 N–H and O–H groups in total. The number of nitrogens with two attached hydrogens (primary N) is 1.